The largest absolute Gasteiger partial charge is 0.326 e. The zero-order valence-electron chi connectivity index (χ0n) is 13.7. The van der Waals surface area contributed by atoms with Crippen molar-refractivity contribution in [3.8, 4) is 0 Å². The van der Waals surface area contributed by atoms with Gasteiger partial charge in [0.15, 0.2) is 0 Å². The fourth-order valence-electron chi connectivity index (χ4n) is 2.85. The summed E-state index contributed by atoms with van der Waals surface area (Å²) in [6.45, 7) is 11.8. The first-order chi connectivity index (χ1) is 10.5. The van der Waals surface area contributed by atoms with Crippen LogP contribution >= 0.6 is 0 Å². The first-order valence-corrected chi connectivity index (χ1v) is 7.99. The maximum Gasteiger partial charge on any atom is 0.221 e. The molecule has 0 spiro atoms. The summed E-state index contributed by atoms with van der Waals surface area (Å²) in [5.41, 5.74) is 3.34. The highest BCUT2D eigenvalue weighted by Crippen LogP contribution is 2.13. The molecule has 1 aromatic carbocycles. The normalized spacial score (nSPS) is 16.5. The average Bonchev–Trinajstić information content (AvgIpc) is 2.47. The Balaban J connectivity index is 1.72. The second kappa shape index (κ2) is 8.11. The molecule has 0 unspecified atom stereocenters. The number of benzene rings is 1. The van der Waals surface area contributed by atoms with Gasteiger partial charge in [0.05, 0.1) is 0 Å². The maximum absolute atomic E-state index is 11.0. The van der Waals surface area contributed by atoms with Crippen LogP contribution in [0.5, 0.6) is 0 Å². The van der Waals surface area contributed by atoms with E-state index in [4.69, 9.17) is 0 Å². The van der Waals surface area contributed by atoms with E-state index in [2.05, 4.69) is 41.2 Å². The molecule has 22 heavy (non-hydrogen) atoms. The fourth-order valence-corrected chi connectivity index (χ4v) is 2.85. The van der Waals surface area contributed by atoms with Crippen molar-refractivity contribution in [2.75, 3.05) is 25.0 Å². The van der Waals surface area contributed by atoms with E-state index in [9.17, 15) is 4.79 Å². The topological polar surface area (TPSA) is 44.4 Å². The summed E-state index contributed by atoms with van der Waals surface area (Å²) in [7, 11) is 0. The molecular weight excluding hydrogens is 274 g/mol. The predicted octanol–water partition coefficient (Wildman–Crippen LogP) is 2.78. The van der Waals surface area contributed by atoms with Gasteiger partial charge in [-0.15, -0.1) is 0 Å². The molecule has 0 radical (unpaired) electrons. The number of carbonyl (C=O) groups excluding carboxylic acids is 1. The number of hydrogen-bond donors (Lipinski definition) is 2. The van der Waals surface area contributed by atoms with Crippen LogP contribution < -0.4 is 10.6 Å². The summed E-state index contributed by atoms with van der Waals surface area (Å²) in [5.74, 6) is -0.0348. The SMILES string of the molecule is C=C(C)CN1CCC(NCc2ccc(NC(C)=O)cc2)CC1. The van der Waals surface area contributed by atoms with Crippen molar-refractivity contribution in [1.82, 2.24) is 10.2 Å². The Bertz CT molecular complexity index is 502. The highest BCUT2D eigenvalue weighted by atomic mass is 16.1. The van der Waals surface area contributed by atoms with Crippen LogP contribution in [0, 0.1) is 0 Å². The quantitative estimate of drug-likeness (QED) is 0.794. The lowest BCUT2D eigenvalue weighted by Gasteiger charge is -2.32. The van der Waals surface area contributed by atoms with Gasteiger partial charge in [-0.1, -0.05) is 24.3 Å². The van der Waals surface area contributed by atoms with Crippen molar-refractivity contribution in [3.63, 3.8) is 0 Å². The van der Waals surface area contributed by atoms with Gasteiger partial charge >= 0.3 is 0 Å². The molecule has 1 aliphatic heterocycles. The van der Waals surface area contributed by atoms with Crippen LogP contribution in [0.1, 0.15) is 32.3 Å². The molecule has 1 fully saturated rings. The summed E-state index contributed by atoms with van der Waals surface area (Å²) in [6.07, 6.45) is 2.38. The third kappa shape index (κ3) is 5.62. The molecule has 0 bridgehead atoms. The average molecular weight is 301 g/mol. The minimum Gasteiger partial charge on any atom is -0.326 e. The van der Waals surface area contributed by atoms with E-state index in [1.807, 2.05) is 12.1 Å². The Morgan fingerprint density at radius 1 is 1.23 bits per heavy atom. The monoisotopic (exact) mass is 301 g/mol. The maximum atomic E-state index is 11.0. The molecule has 120 valence electrons. The van der Waals surface area contributed by atoms with Crippen LogP contribution in [0.3, 0.4) is 0 Å². The summed E-state index contributed by atoms with van der Waals surface area (Å²) in [6, 6.07) is 8.63. The van der Waals surface area contributed by atoms with Crippen LogP contribution in [0.4, 0.5) is 5.69 Å². The molecule has 1 aliphatic rings. The van der Waals surface area contributed by atoms with Gasteiger partial charge in [0.2, 0.25) is 5.91 Å². The molecular formula is C18H27N3O. The number of amides is 1. The van der Waals surface area contributed by atoms with Crippen LogP contribution in [0.25, 0.3) is 0 Å². The lowest BCUT2D eigenvalue weighted by Crippen LogP contribution is -2.42. The van der Waals surface area contributed by atoms with Crippen LogP contribution in [0.2, 0.25) is 0 Å². The Kier molecular flexibility index (Phi) is 6.16. The van der Waals surface area contributed by atoms with E-state index in [0.717, 1.165) is 31.9 Å². The van der Waals surface area contributed by atoms with Crippen molar-refractivity contribution in [3.05, 3.63) is 42.0 Å². The molecule has 2 N–H and O–H groups in total. The highest BCUT2D eigenvalue weighted by Gasteiger charge is 2.18. The first kappa shape index (κ1) is 16.7. The number of nitrogens with zero attached hydrogens (tertiary/aromatic N) is 1. The molecule has 0 atom stereocenters. The molecule has 4 heteroatoms. The van der Waals surface area contributed by atoms with E-state index < -0.39 is 0 Å². The first-order valence-electron chi connectivity index (χ1n) is 7.99. The van der Waals surface area contributed by atoms with Crippen LogP contribution in [-0.2, 0) is 11.3 Å². The highest BCUT2D eigenvalue weighted by molar-refractivity contribution is 5.88. The van der Waals surface area contributed by atoms with Crippen molar-refractivity contribution in [1.29, 1.82) is 0 Å². The van der Waals surface area contributed by atoms with E-state index in [1.165, 1.54) is 30.9 Å². The Hall–Kier alpha value is -1.65. The molecule has 1 aromatic rings. The number of rotatable bonds is 6. The number of hydrogen-bond acceptors (Lipinski definition) is 3. The molecule has 0 saturated carbocycles. The number of piperidine rings is 1. The van der Waals surface area contributed by atoms with E-state index in [1.54, 1.807) is 0 Å². The minimum atomic E-state index is -0.0348. The van der Waals surface area contributed by atoms with Crippen molar-refractivity contribution in [2.45, 2.75) is 39.3 Å². The second-order valence-electron chi connectivity index (χ2n) is 6.27. The summed E-state index contributed by atoms with van der Waals surface area (Å²) in [4.78, 5) is 13.5. The van der Waals surface area contributed by atoms with Gasteiger partial charge in [0.25, 0.3) is 0 Å². The molecule has 1 amide bonds. The Labute approximate surface area is 133 Å². The minimum absolute atomic E-state index is 0.0348. The molecule has 2 rings (SSSR count). The van der Waals surface area contributed by atoms with Gasteiger partial charge in [-0.05, 0) is 50.6 Å². The number of carbonyl (C=O) groups is 1. The van der Waals surface area contributed by atoms with Gasteiger partial charge in [0, 0.05) is 31.7 Å². The lowest BCUT2D eigenvalue weighted by atomic mass is 10.0. The fraction of sp³-hybridized carbons (Fsp3) is 0.500. The number of anilines is 1. The lowest BCUT2D eigenvalue weighted by molar-refractivity contribution is -0.114. The summed E-state index contributed by atoms with van der Waals surface area (Å²) < 4.78 is 0. The van der Waals surface area contributed by atoms with Gasteiger partial charge in [-0.25, -0.2) is 0 Å². The number of nitrogens with one attached hydrogen (secondary N) is 2. The molecule has 4 nitrogen and oxygen atoms in total. The van der Waals surface area contributed by atoms with Crippen LogP contribution in [-0.4, -0.2) is 36.5 Å². The smallest absolute Gasteiger partial charge is 0.221 e. The molecule has 0 aliphatic carbocycles. The second-order valence-corrected chi connectivity index (χ2v) is 6.27. The third-order valence-corrected chi connectivity index (χ3v) is 3.95. The van der Waals surface area contributed by atoms with E-state index in [-0.39, 0.29) is 5.91 Å². The summed E-state index contributed by atoms with van der Waals surface area (Å²) >= 11 is 0. The zero-order chi connectivity index (χ0) is 15.9. The van der Waals surface area contributed by atoms with Crippen LogP contribution in [0.15, 0.2) is 36.4 Å². The molecule has 1 heterocycles. The molecule has 1 saturated heterocycles. The van der Waals surface area contributed by atoms with E-state index in [0.29, 0.717) is 6.04 Å². The third-order valence-electron chi connectivity index (χ3n) is 3.95. The predicted molar refractivity (Wildman–Crippen MR) is 91.9 cm³/mol. The van der Waals surface area contributed by atoms with Crippen molar-refractivity contribution < 1.29 is 4.79 Å². The van der Waals surface area contributed by atoms with E-state index >= 15 is 0 Å². The number of likely N-dealkylation sites (tertiary alicyclic amines) is 1. The summed E-state index contributed by atoms with van der Waals surface area (Å²) in [5, 5.41) is 6.42. The van der Waals surface area contributed by atoms with Gasteiger partial charge in [-0.2, -0.15) is 0 Å². The van der Waals surface area contributed by atoms with Crippen molar-refractivity contribution in [2.24, 2.45) is 0 Å². The molecule has 0 aromatic heterocycles. The Morgan fingerprint density at radius 2 is 1.86 bits per heavy atom. The zero-order valence-corrected chi connectivity index (χ0v) is 13.7. The van der Waals surface area contributed by atoms with Crippen molar-refractivity contribution >= 4 is 11.6 Å². The Morgan fingerprint density at radius 3 is 2.41 bits per heavy atom. The van der Waals surface area contributed by atoms with Gasteiger partial charge < -0.3 is 10.6 Å². The standard InChI is InChI=1S/C18H27N3O/c1-14(2)13-21-10-8-17(9-11-21)19-12-16-4-6-18(7-5-16)20-15(3)22/h4-7,17,19H,1,8-13H2,2-3H3,(H,20,22). The van der Waals surface area contributed by atoms with Gasteiger partial charge in [0.1, 0.15) is 0 Å². The van der Waals surface area contributed by atoms with Gasteiger partial charge in [-0.3, -0.25) is 9.69 Å².